The molecule has 1 saturated carbocycles. The Hall–Kier alpha value is -4.51. The van der Waals surface area contributed by atoms with Gasteiger partial charge in [-0.2, -0.15) is 0 Å². The van der Waals surface area contributed by atoms with E-state index in [0.717, 1.165) is 25.0 Å². The molecule has 4 aromatic rings. The minimum Gasteiger partial charge on any atom is -0.493 e. The molecule has 1 aliphatic carbocycles. The van der Waals surface area contributed by atoms with Crippen molar-refractivity contribution in [2.75, 3.05) is 19.0 Å². The van der Waals surface area contributed by atoms with Crippen LogP contribution in [0.15, 0.2) is 55.0 Å². The van der Waals surface area contributed by atoms with Crippen LogP contribution in [0.25, 0.3) is 10.9 Å². The third-order valence-corrected chi connectivity index (χ3v) is 6.09. The Bertz CT molecular complexity index is 1520. The molecule has 1 atom stereocenters. The van der Waals surface area contributed by atoms with Crippen LogP contribution in [0.2, 0.25) is 0 Å². The first kappa shape index (κ1) is 27.1. The first-order valence-electron chi connectivity index (χ1n) is 12.7. The van der Waals surface area contributed by atoms with Crippen molar-refractivity contribution in [2.45, 2.75) is 38.4 Å². The Balaban J connectivity index is 1.37. The summed E-state index contributed by atoms with van der Waals surface area (Å²) < 4.78 is 52.7. The number of rotatable bonds is 11. The van der Waals surface area contributed by atoms with Crippen molar-refractivity contribution in [2.24, 2.45) is 0 Å². The molecule has 11 heteroatoms. The van der Waals surface area contributed by atoms with Crippen molar-refractivity contribution in [1.82, 2.24) is 9.97 Å². The molecule has 9 nitrogen and oxygen atoms in total. The van der Waals surface area contributed by atoms with Gasteiger partial charge >= 0.3 is 0 Å². The highest BCUT2D eigenvalue weighted by molar-refractivity contribution is 6.06. The molecule has 0 spiro atoms. The molecular formula is C29H27F2N3O6. The summed E-state index contributed by atoms with van der Waals surface area (Å²) >= 11 is 0. The van der Waals surface area contributed by atoms with Gasteiger partial charge in [0.2, 0.25) is 0 Å². The molecule has 2 aromatic heterocycles. The molecule has 0 saturated heterocycles. The molecule has 2 heterocycles. The molecule has 0 aliphatic heterocycles. The zero-order valence-electron chi connectivity index (χ0n) is 21.8. The Morgan fingerprint density at radius 1 is 1.07 bits per heavy atom. The molecular weight excluding hydrogens is 524 g/mol. The van der Waals surface area contributed by atoms with Crippen LogP contribution in [0.1, 0.15) is 36.5 Å². The molecule has 2 aromatic carbocycles. The van der Waals surface area contributed by atoms with Crippen LogP contribution in [0.3, 0.4) is 0 Å². The van der Waals surface area contributed by atoms with E-state index in [1.165, 1.54) is 31.8 Å². The number of anilines is 1. The quantitative estimate of drug-likeness (QED) is 0.246. The van der Waals surface area contributed by atoms with Crippen LogP contribution in [-0.4, -0.2) is 46.9 Å². The van der Waals surface area contributed by atoms with Gasteiger partial charge in [0.15, 0.2) is 28.9 Å². The standard InChI is InChI=1S/C29H27F2N3O6/c1-16(35)7-10-38-27-14-23-19(13-26(27)37-2)24(6-9-33-23)40-28-21(30)11-17(12-22(28)31)34-29(36)20-15-32-8-5-25(20)39-18-3-4-18/h5-6,8-9,11-16,18,35H,3-4,7,10H2,1-2H3,(H,34,36)/t16-/m1/s1. The number of hydrogen-bond acceptors (Lipinski definition) is 8. The summed E-state index contributed by atoms with van der Waals surface area (Å²) in [5, 5.41) is 12.4. The molecule has 0 radical (unpaired) electrons. The van der Waals surface area contributed by atoms with Crippen LogP contribution in [0, 0.1) is 11.6 Å². The van der Waals surface area contributed by atoms with Gasteiger partial charge < -0.3 is 29.4 Å². The number of aliphatic hydroxyl groups excluding tert-OH is 1. The Kier molecular flexibility index (Phi) is 7.92. The fourth-order valence-corrected chi connectivity index (χ4v) is 3.89. The number of carbonyl (C=O) groups is 1. The van der Waals surface area contributed by atoms with Crippen LogP contribution in [0.5, 0.6) is 28.7 Å². The number of halogens is 2. The van der Waals surface area contributed by atoms with E-state index in [2.05, 4.69) is 15.3 Å². The Labute approximate surface area is 228 Å². The predicted octanol–water partition coefficient (Wildman–Crippen LogP) is 5.65. The van der Waals surface area contributed by atoms with Gasteiger partial charge in [-0.15, -0.1) is 0 Å². The van der Waals surface area contributed by atoms with Crippen LogP contribution < -0.4 is 24.3 Å². The lowest BCUT2D eigenvalue weighted by Crippen LogP contribution is -2.15. The molecule has 2 N–H and O–H groups in total. The van der Waals surface area contributed by atoms with Crippen molar-refractivity contribution < 1.29 is 37.6 Å². The largest absolute Gasteiger partial charge is 0.493 e. The molecule has 40 heavy (non-hydrogen) atoms. The monoisotopic (exact) mass is 551 g/mol. The van der Waals surface area contributed by atoms with E-state index in [4.69, 9.17) is 18.9 Å². The third-order valence-electron chi connectivity index (χ3n) is 6.09. The van der Waals surface area contributed by atoms with Gasteiger partial charge in [0.05, 0.1) is 37.0 Å². The number of ether oxygens (including phenoxy) is 4. The van der Waals surface area contributed by atoms with E-state index in [1.807, 2.05) is 0 Å². The Morgan fingerprint density at radius 3 is 2.52 bits per heavy atom. The summed E-state index contributed by atoms with van der Waals surface area (Å²) in [4.78, 5) is 21.1. The zero-order valence-corrected chi connectivity index (χ0v) is 21.8. The molecule has 1 amide bonds. The lowest BCUT2D eigenvalue weighted by Gasteiger charge is -2.15. The molecule has 0 bridgehead atoms. The number of pyridine rings is 2. The summed E-state index contributed by atoms with van der Waals surface area (Å²) in [6.07, 6.45) is 6.03. The van der Waals surface area contributed by atoms with E-state index in [-0.39, 0.29) is 29.7 Å². The van der Waals surface area contributed by atoms with Gasteiger partial charge in [-0.1, -0.05) is 0 Å². The first-order valence-corrected chi connectivity index (χ1v) is 12.7. The zero-order chi connectivity index (χ0) is 28.2. The maximum atomic E-state index is 15.1. The van der Waals surface area contributed by atoms with E-state index in [0.29, 0.717) is 34.6 Å². The van der Waals surface area contributed by atoms with E-state index in [1.54, 1.807) is 25.1 Å². The third kappa shape index (κ3) is 6.20. The smallest absolute Gasteiger partial charge is 0.261 e. The van der Waals surface area contributed by atoms with Crippen LogP contribution in [0.4, 0.5) is 14.5 Å². The van der Waals surface area contributed by atoms with Crippen molar-refractivity contribution in [3.05, 3.63) is 72.2 Å². The van der Waals surface area contributed by atoms with Gasteiger partial charge in [-0.3, -0.25) is 14.8 Å². The number of benzene rings is 2. The van der Waals surface area contributed by atoms with Crippen molar-refractivity contribution in [1.29, 1.82) is 0 Å². The first-order chi connectivity index (χ1) is 19.3. The fraction of sp³-hybridized carbons (Fsp3) is 0.276. The molecule has 1 aliphatic rings. The van der Waals surface area contributed by atoms with E-state index < -0.39 is 29.4 Å². The number of fused-ring (bicyclic) bond motifs is 1. The lowest BCUT2D eigenvalue weighted by atomic mass is 10.1. The van der Waals surface area contributed by atoms with Gasteiger partial charge in [0.1, 0.15) is 11.5 Å². The number of aliphatic hydroxyl groups is 1. The number of methoxy groups -OCH3 is 1. The second kappa shape index (κ2) is 11.7. The molecule has 208 valence electrons. The average Bonchev–Trinajstić information content (AvgIpc) is 3.74. The highest BCUT2D eigenvalue weighted by Gasteiger charge is 2.26. The second-order valence-corrected chi connectivity index (χ2v) is 9.33. The van der Waals surface area contributed by atoms with Gasteiger partial charge in [0.25, 0.3) is 5.91 Å². The van der Waals surface area contributed by atoms with Crippen LogP contribution >= 0.6 is 0 Å². The van der Waals surface area contributed by atoms with Gasteiger partial charge in [-0.25, -0.2) is 8.78 Å². The maximum absolute atomic E-state index is 15.1. The number of hydrogen-bond donors (Lipinski definition) is 2. The lowest BCUT2D eigenvalue weighted by molar-refractivity contribution is 0.102. The highest BCUT2D eigenvalue weighted by atomic mass is 19.1. The number of amides is 1. The normalized spacial score (nSPS) is 13.5. The Morgan fingerprint density at radius 2 is 1.82 bits per heavy atom. The molecule has 5 rings (SSSR count). The van der Waals surface area contributed by atoms with E-state index in [9.17, 15) is 9.90 Å². The summed E-state index contributed by atoms with van der Waals surface area (Å²) in [5.74, 6) is -2.07. The van der Waals surface area contributed by atoms with Crippen molar-refractivity contribution in [3.63, 3.8) is 0 Å². The fourth-order valence-electron chi connectivity index (χ4n) is 3.89. The molecule has 1 fully saturated rings. The summed E-state index contributed by atoms with van der Waals surface area (Å²) in [6, 6.07) is 8.18. The number of carbonyl (C=O) groups excluding carboxylic acids is 1. The summed E-state index contributed by atoms with van der Waals surface area (Å²) in [7, 11) is 1.46. The maximum Gasteiger partial charge on any atom is 0.261 e. The minimum absolute atomic E-state index is 0.0544. The van der Waals surface area contributed by atoms with Gasteiger partial charge in [0, 0.05) is 54.3 Å². The summed E-state index contributed by atoms with van der Waals surface area (Å²) in [5.41, 5.74) is 0.492. The second-order valence-electron chi connectivity index (χ2n) is 9.33. The predicted molar refractivity (Wildman–Crippen MR) is 142 cm³/mol. The van der Waals surface area contributed by atoms with E-state index >= 15 is 8.78 Å². The number of nitrogens with one attached hydrogen (secondary N) is 1. The highest BCUT2D eigenvalue weighted by Crippen LogP contribution is 2.39. The SMILES string of the molecule is COc1cc2c(Oc3c(F)cc(NC(=O)c4cnccc4OC4CC4)cc3F)ccnc2cc1OCC[C@@H](C)O. The minimum atomic E-state index is -1.02. The summed E-state index contributed by atoms with van der Waals surface area (Å²) in [6.45, 7) is 1.91. The number of nitrogens with zero attached hydrogens (tertiary/aromatic N) is 2. The van der Waals surface area contributed by atoms with Crippen molar-refractivity contribution in [3.8, 4) is 28.7 Å². The topological polar surface area (TPSA) is 112 Å². The average molecular weight is 552 g/mol. The molecule has 0 unspecified atom stereocenters. The number of aromatic nitrogens is 2. The van der Waals surface area contributed by atoms with Crippen LogP contribution in [-0.2, 0) is 0 Å². The van der Waals surface area contributed by atoms with Crippen molar-refractivity contribution >= 4 is 22.5 Å². The van der Waals surface area contributed by atoms with Gasteiger partial charge in [-0.05, 0) is 38.0 Å².